The number of carboxylic acids is 1. The third-order valence-electron chi connectivity index (χ3n) is 2.25. The van der Waals surface area contributed by atoms with Crippen LogP contribution in [0.15, 0.2) is 0 Å². The number of carbonyl (C=O) groups is 1. The molecule has 5 heteroatoms. The highest BCUT2D eigenvalue weighted by atomic mass is 16.5. The van der Waals surface area contributed by atoms with E-state index in [0.717, 1.165) is 26.2 Å². The second-order valence-electron chi connectivity index (χ2n) is 3.64. The Morgan fingerprint density at radius 3 is 3.00 bits per heavy atom. The van der Waals surface area contributed by atoms with E-state index in [4.69, 9.17) is 9.84 Å². The summed E-state index contributed by atoms with van der Waals surface area (Å²) >= 11 is 0. The predicted octanol–water partition coefficient (Wildman–Crippen LogP) is -0.552. The highest BCUT2D eigenvalue weighted by Gasteiger charge is 2.15. The van der Waals surface area contributed by atoms with Crippen LogP contribution in [0.1, 0.15) is 12.8 Å². The quantitative estimate of drug-likeness (QED) is 0.539. The first-order valence-electron chi connectivity index (χ1n) is 4.87. The van der Waals surface area contributed by atoms with Crippen LogP contribution in [0.3, 0.4) is 0 Å². The molecule has 1 rings (SSSR count). The zero-order chi connectivity index (χ0) is 10.4. The minimum atomic E-state index is -0.969. The van der Waals surface area contributed by atoms with Crippen LogP contribution in [-0.2, 0) is 9.53 Å². The van der Waals surface area contributed by atoms with Gasteiger partial charge in [0.05, 0.1) is 19.1 Å². The molecule has 14 heavy (non-hydrogen) atoms. The van der Waals surface area contributed by atoms with Gasteiger partial charge in [0.1, 0.15) is 0 Å². The monoisotopic (exact) mass is 203 g/mol. The lowest BCUT2D eigenvalue weighted by molar-refractivity contribution is -0.139. The van der Waals surface area contributed by atoms with Crippen molar-refractivity contribution in [2.45, 2.75) is 18.9 Å². The van der Waals surface area contributed by atoms with Gasteiger partial charge in [-0.25, -0.2) is 0 Å². The molecule has 3 N–H and O–H groups in total. The van der Waals surface area contributed by atoms with Crippen LogP contribution in [0.2, 0.25) is 0 Å². The van der Waals surface area contributed by atoms with Crippen molar-refractivity contribution in [3.8, 4) is 0 Å². The summed E-state index contributed by atoms with van der Waals surface area (Å²) in [6, 6.07) is 0. The lowest BCUT2D eigenvalue weighted by Crippen LogP contribution is -2.32. The Morgan fingerprint density at radius 2 is 2.43 bits per heavy atom. The average Bonchev–Trinajstić information content (AvgIpc) is 2.55. The summed E-state index contributed by atoms with van der Waals surface area (Å²) in [5, 5.41) is 20.6. The Bertz CT molecular complexity index is 180. The molecule has 1 aliphatic rings. The summed E-state index contributed by atoms with van der Waals surface area (Å²) in [6.07, 6.45) is 0.0470. The van der Waals surface area contributed by atoms with E-state index in [2.05, 4.69) is 5.32 Å². The van der Waals surface area contributed by atoms with Crippen LogP contribution in [0.25, 0.3) is 0 Å². The van der Waals surface area contributed by atoms with Crippen molar-refractivity contribution in [3.63, 3.8) is 0 Å². The molecule has 1 heterocycles. The van der Waals surface area contributed by atoms with E-state index >= 15 is 0 Å². The van der Waals surface area contributed by atoms with E-state index in [1.165, 1.54) is 0 Å². The number of aliphatic hydroxyl groups is 1. The van der Waals surface area contributed by atoms with Gasteiger partial charge in [0.15, 0.2) is 0 Å². The van der Waals surface area contributed by atoms with Crippen molar-refractivity contribution >= 4 is 5.97 Å². The fourth-order valence-electron chi connectivity index (χ4n) is 1.47. The van der Waals surface area contributed by atoms with Crippen molar-refractivity contribution in [1.29, 1.82) is 0 Å². The maximum absolute atomic E-state index is 10.2. The van der Waals surface area contributed by atoms with Gasteiger partial charge in [-0.2, -0.15) is 0 Å². The maximum Gasteiger partial charge on any atom is 0.306 e. The molecule has 0 aromatic carbocycles. The Morgan fingerprint density at radius 1 is 1.64 bits per heavy atom. The normalized spacial score (nSPS) is 23.6. The van der Waals surface area contributed by atoms with E-state index in [1.807, 2.05) is 0 Å². The topological polar surface area (TPSA) is 78.8 Å². The largest absolute Gasteiger partial charge is 0.481 e. The smallest absolute Gasteiger partial charge is 0.306 e. The van der Waals surface area contributed by atoms with Crippen LogP contribution in [0, 0.1) is 5.92 Å². The summed E-state index contributed by atoms with van der Waals surface area (Å²) in [6.45, 7) is 2.70. The third kappa shape index (κ3) is 4.55. The summed E-state index contributed by atoms with van der Waals surface area (Å²) in [7, 11) is 0. The number of hydrogen-bond donors (Lipinski definition) is 3. The molecule has 1 aliphatic heterocycles. The van der Waals surface area contributed by atoms with Gasteiger partial charge in [0.25, 0.3) is 0 Å². The first kappa shape index (κ1) is 11.4. The van der Waals surface area contributed by atoms with Crippen molar-refractivity contribution in [2.24, 2.45) is 5.92 Å². The molecule has 2 unspecified atom stereocenters. The molecule has 0 aromatic heterocycles. The zero-order valence-corrected chi connectivity index (χ0v) is 8.11. The van der Waals surface area contributed by atoms with Crippen LogP contribution in [-0.4, -0.2) is 48.6 Å². The number of rotatable bonds is 6. The molecule has 0 aliphatic carbocycles. The Hall–Kier alpha value is -0.650. The molecular formula is C9H17NO4. The first-order chi connectivity index (χ1) is 6.68. The van der Waals surface area contributed by atoms with Crippen molar-refractivity contribution in [2.75, 3.05) is 26.3 Å². The predicted molar refractivity (Wildman–Crippen MR) is 50.1 cm³/mol. The van der Waals surface area contributed by atoms with Gasteiger partial charge in [0.2, 0.25) is 0 Å². The van der Waals surface area contributed by atoms with Gasteiger partial charge in [-0.15, -0.1) is 0 Å². The zero-order valence-electron chi connectivity index (χ0n) is 8.11. The molecule has 1 fully saturated rings. The first-order valence-corrected chi connectivity index (χ1v) is 4.87. The SMILES string of the molecule is O=C(O)CC(O)CNCC1CCOC1. The van der Waals surface area contributed by atoms with Gasteiger partial charge in [-0.3, -0.25) is 4.79 Å². The molecular weight excluding hydrogens is 186 g/mol. The second kappa shape index (κ2) is 5.95. The van der Waals surface area contributed by atoms with Crippen molar-refractivity contribution in [1.82, 2.24) is 5.32 Å². The summed E-state index contributed by atoms with van der Waals surface area (Å²) in [5.74, 6) is -0.462. The number of ether oxygens (including phenoxy) is 1. The molecule has 1 saturated heterocycles. The summed E-state index contributed by atoms with van der Waals surface area (Å²) in [5.41, 5.74) is 0. The molecule has 0 aromatic rings. The average molecular weight is 203 g/mol. The van der Waals surface area contributed by atoms with Crippen molar-refractivity contribution < 1.29 is 19.7 Å². The lowest BCUT2D eigenvalue weighted by Gasteiger charge is -2.12. The van der Waals surface area contributed by atoms with E-state index in [-0.39, 0.29) is 6.42 Å². The second-order valence-corrected chi connectivity index (χ2v) is 3.64. The minimum absolute atomic E-state index is 0.200. The van der Waals surface area contributed by atoms with Gasteiger partial charge in [0, 0.05) is 19.7 Å². The highest BCUT2D eigenvalue weighted by molar-refractivity contribution is 5.67. The number of nitrogens with one attached hydrogen (secondary N) is 1. The Labute approximate surface area is 83.1 Å². The van der Waals surface area contributed by atoms with Crippen LogP contribution < -0.4 is 5.32 Å². The molecule has 0 amide bonds. The molecule has 0 spiro atoms. The van der Waals surface area contributed by atoms with Gasteiger partial charge >= 0.3 is 5.97 Å². The molecule has 82 valence electrons. The number of aliphatic carboxylic acids is 1. The summed E-state index contributed by atoms with van der Waals surface area (Å²) in [4.78, 5) is 10.2. The van der Waals surface area contributed by atoms with Gasteiger partial charge < -0.3 is 20.3 Å². The third-order valence-corrected chi connectivity index (χ3v) is 2.25. The molecule has 5 nitrogen and oxygen atoms in total. The van der Waals surface area contributed by atoms with Gasteiger partial charge in [-0.05, 0) is 12.3 Å². The summed E-state index contributed by atoms with van der Waals surface area (Å²) < 4.78 is 5.18. The molecule has 0 bridgehead atoms. The molecule has 2 atom stereocenters. The van der Waals surface area contributed by atoms with Crippen LogP contribution >= 0.6 is 0 Å². The standard InChI is InChI=1S/C9H17NO4/c11-8(3-9(12)13)5-10-4-7-1-2-14-6-7/h7-8,10-11H,1-6H2,(H,12,13). The Kier molecular flexibility index (Phi) is 4.86. The van der Waals surface area contributed by atoms with E-state index in [9.17, 15) is 9.90 Å². The molecule has 0 saturated carbocycles. The van der Waals surface area contributed by atoms with Gasteiger partial charge in [-0.1, -0.05) is 0 Å². The maximum atomic E-state index is 10.2. The van der Waals surface area contributed by atoms with E-state index in [0.29, 0.717) is 12.5 Å². The van der Waals surface area contributed by atoms with Crippen molar-refractivity contribution in [3.05, 3.63) is 0 Å². The Balaban J connectivity index is 1.99. The minimum Gasteiger partial charge on any atom is -0.481 e. The number of carboxylic acid groups (broad SMARTS) is 1. The number of hydrogen-bond acceptors (Lipinski definition) is 4. The van der Waals surface area contributed by atoms with Crippen LogP contribution in [0.5, 0.6) is 0 Å². The fraction of sp³-hybridized carbons (Fsp3) is 0.889. The number of aliphatic hydroxyl groups excluding tert-OH is 1. The fourth-order valence-corrected chi connectivity index (χ4v) is 1.47. The highest BCUT2D eigenvalue weighted by Crippen LogP contribution is 2.10. The van der Waals surface area contributed by atoms with E-state index in [1.54, 1.807) is 0 Å². The van der Waals surface area contributed by atoms with E-state index < -0.39 is 12.1 Å². The lowest BCUT2D eigenvalue weighted by atomic mass is 10.1. The molecule has 0 radical (unpaired) electrons. The van der Waals surface area contributed by atoms with Crippen LogP contribution in [0.4, 0.5) is 0 Å².